The topological polar surface area (TPSA) is 52.0 Å². The molecule has 0 heterocycles. The van der Waals surface area contributed by atoms with E-state index in [-0.39, 0.29) is 21.1 Å². The molecule has 2 nitrogen and oxygen atoms in total. The first kappa shape index (κ1) is 11.6. The summed E-state index contributed by atoms with van der Waals surface area (Å²) in [4.78, 5) is 0. The predicted octanol–water partition coefficient (Wildman–Crippen LogP) is 0.852. The Balaban J connectivity index is 0.000001000. The molecule has 0 aromatic rings. The van der Waals surface area contributed by atoms with Crippen LogP contribution in [-0.4, -0.2) is 13.1 Å². The fourth-order valence-electron chi connectivity index (χ4n) is 1.79. The van der Waals surface area contributed by atoms with Gasteiger partial charge in [-0.3, -0.25) is 0 Å². The van der Waals surface area contributed by atoms with Crippen LogP contribution in [0, 0.1) is 5.41 Å². The van der Waals surface area contributed by atoms with E-state index in [1.54, 1.807) is 0 Å². The quantitative estimate of drug-likeness (QED) is 0.785. The Kier molecular flexibility index (Phi) is 5.58. The maximum atomic E-state index is 5.67. The summed E-state index contributed by atoms with van der Waals surface area (Å²) in [6.45, 7) is 1.56. The largest absolute Gasteiger partial charge is 2.00 e. The maximum absolute atomic E-state index is 5.67. The van der Waals surface area contributed by atoms with Gasteiger partial charge in [0.25, 0.3) is 0 Å². The number of nitrogens with two attached hydrogens (primary N) is 2. The van der Waals surface area contributed by atoms with E-state index >= 15 is 0 Å². The smallest absolute Gasteiger partial charge is 0.330 e. The second-order valence-electron chi connectivity index (χ2n) is 3.47. The van der Waals surface area contributed by atoms with Gasteiger partial charge in [0.2, 0.25) is 0 Å². The maximum Gasteiger partial charge on any atom is 2.00 e. The molecule has 68 valence electrons. The summed E-state index contributed by atoms with van der Waals surface area (Å²) < 4.78 is 0. The van der Waals surface area contributed by atoms with Crippen molar-refractivity contribution in [3.05, 3.63) is 0 Å². The van der Waals surface area contributed by atoms with Gasteiger partial charge in [0.15, 0.2) is 0 Å². The Hall–Kier alpha value is 0.608. The minimum Gasteiger partial charge on any atom is -0.330 e. The Morgan fingerprint density at radius 2 is 1.36 bits per heavy atom. The Labute approximate surface area is 83.4 Å². The first-order valence-corrected chi connectivity index (χ1v) is 4.23. The molecule has 0 aromatic heterocycles. The van der Waals surface area contributed by atoms with Crippen molar-refractivity contribution in [2.24, 2.45) is 16.9 Å². The average molecular weight is 337 g/mol. The van der Waals surface area contributed by atoms with Crippen LogP contribution in [0.5, 0.6) is 0 Å². The van der Waals surface area contributed by atoms with Crippen molar-refractivity contribution < 1.29 is 21.1 Å². The van der Waals surface area contributed by atoms with Gasteiger partial charge in [0, 0.05) is 0 Å². The third kappa shape index (κ3) is 2.85. The average Bonchev–Trinajstić information content (AvgIpc) is 2.06. The van der Waals surface area contributed by atoms with E-state index < -0.39 is 0 Å². The second kappa shape index (κ2) is 5.29. The van der Waals surface area contributed by atoms with Crippen molar-refractivity contribution in [1.82, 2.24) is 0 Å². The van der Waals surface area contributed by atoms with Crippen LogP contribution in [0.25, 0.3) is 0 Å². The van der Waals surface area contributed by atoms with Gasteiger partial charge < -0.3 is 11.5 Å². The van der Waals surface area contributed by atoms with E-state index in [1.807, 2.05) is 0 Å². The molecule has 0 aromatic carbocycles. The van der Waals surface area contributed by atoms with Gasteiger partial charge in [0.1, 0.15) is 0 Å². The van der Waals surface area contributed by atoms with Gasteiger partial charge in [-0.2, -0.15) is 0 Å². The van der Waals surface area contributed by atoms with Gasteiger partial charge in [-0.1, -0.05) is 19.3 Å². The van der Waals surface area contributed by atoms with E-state index in [2.05, 4.69) is 0 Å². The molecule has 0 radical (unpaired) electrons. The summed E-state index contributed by atoms with van der Waals surface area (Å²) in [6, 6.07) is 0. The predicted molar refractivity (Wildman–Crippen MR) is 43.6 cm³/mol. The van der Waals surface area contributed by atoms with Crippen LogP contribution >= 0.6 is 0 Å². The van der Waals surface area contributed by atoms with Gasteiger partial charge in [-0.05, 0) is 31.3 Å². The minimum atomic E-state index is 0. The van der Waals surface area contributed by atoms with E-state index in [0.717, 1.165) is 13.1 Å². The van der Waals surface area contributed by atoms with Crippen LogP contribution in [0.1, 0.15) is 32.1 Å². The molecule has 0 unspecified atom stereocenters. The SMILES string of the molecule is NCC1(CN)CCCCC1.[Pt+2]. The fraction of sp³-hybridized carbons (Fsp3) is 1.00. The van der Waals surface area contributed by atoms with Crippen molar-refractivity contribution in [1.29, 1.82) is 0 Å². The van der Waals surface area contributed by atoms with Gasteiger partial charge >= 0.3 is 21.1 Å². The zero-order chi connectivity index (χ0) is 7.45. The van der Waals surface area contributed by atoms with Crippen molar-refractivity contribution in [3.8, 4) is 0 Å². The normalized spacial score (nSPS) is 22.4. The summed E-state index contributed by atoms with van der Waals surface area (Å²) in [5, 5.41) is 0. The molecule has 0 saturated heterocycles. The summed E-state index contributed by atoms with van der Waals surface area (Å²) in [5.41, 5.74) is 11.7. The first-order valence-electron chi connectivity index (χ1n) is 4.23. The molecule has 1 rings (SSSR count). The monoisotopic (exact) mass is 337 g/mol. The Bertz CT molecular complexity index is 94.3. The summed E-state index contributed by atoms with van der Waals surface area (Å²) in [6.07, 6.45) is 6.53. The first-order chi connectivity index (χ1) is 4.83. The van der Waals surface area contributed by atoms with Gasteiger partial charge in [0.05, 0.1) is 0 Å². The number of rotatable bonds is 2. The van der Waals surface area contributed by atoms with Crippen LogP contribution in [0.2, 0.25) is 0 Å². The standard InChI is InChI=1S/C8H18N2.Pt/c9-6-8(7-10)4-2-1-3-5-8;/h1-7,9-10H2;/q;+2. The van der Waals surface area contributed by atoms with Crippen molar-refractivity contribution >= 4 is 0 Å². The molecular formula is C8H18N2Pt+2. The molecule has 0 spiro atoms. The van der Waals surface area contributed by atoms with Crippen LogP contribution in [0.15, 0.2) is 0 Å². The molecular weight excluding hydrogens is 319 g/mol. The van der Waals surface area contributed by atoms with Crippen molar-refractivity contribution in [2.45, 2.75) is 32.1 Å². The van der Waals surface area contributed by atoms with E-state index in [9.17, 15) is 0 Å². The van der Waals surface area contributed by atoms with Gasteiger partial charge in [-0.25, -0.2) is 0 Å². The Morgan fingerprint density at radius 3 is 1.64 bits per heavy atom. The summed E-state index contributed by atoms with van der Waals surface area (Å²) in [5.74, 6) is 0. The van der Waals surface area contributed by atoms with Crippen LogP contribution < -0.4 is 11.5 Å². The number of hydrogen-bond acceptors (Lipinski definition) is 2. The van der Waals surface area contributed by atoms with Crippen molar-refractivity contribution in [2.75, 3.05) is 13.1 Å². The third-order valence-electron chi connectivity index (χ3n) is 2.78. The molecule has 1 aliphatic rings. The summed E-state index contributed by atoms with van der Waals surface area (Å²) >= 11 is 0. The molecule has 1 fully saturated rings. The van der Waals surface area contributed by atoms with Crippen LogP contribution in [0.3, 0.4) is 0 Å². The van der Waals surface area contributed by atoms with E-state index in [4.69, 9.17) is 11.5 Å². The second-order valence-corrected chi connectivity index (χ2v) is 3.47. The molecule has 1 aliphatic carbocycles. The minimum absolute atomic E-state index is 0. The zero-order valence-corrected chi connectivity index (χ0v) is 9.19. The molecule has 1 saturated carbocycles. The molecule has 0 aliphatic heterocycles. The molecule has 3 heteroatoms. The summed E-state index contributed by atoms with van der Waals surface area (Å²) in [7, 11) is 0. The number of hydrogen-bond donors (Lipinski definition) is 2. The molecule has 11 heavy (non-hydrogen) atoms. The Morgan fingerprint density at radius 1 is 0.909 bits per heavy atom. The van der Waals surface area contributed by atoms with Crippen LogP contribution in [-0.2, 0) is 21.1 Å². The molecule has 0 atom stereocenters. The van der Waals surface area contributed by atoms with E-state index in [0.29, 0.717) is 5.41 Å². The molecule has 4 N–H and O–H groups in total. The third-order valence-corrected chi connectivity index (χ3v) is 2.78. The molecule has 0 amide bonds. The zero-order valence-electron chi connectivity index (χ0n) is 6.92. The fourth-order valence-corrected chi connectivity index (χ4v) is 1.79. The van der Waals surface area contributed by atoms with E-state index in [1.165, 1.54) is 32.1 Å². The van der Waals surface area contributed by atoms with Crippen LogP contribution in [0.4, 0.5) is 0 Å². The van der Waals surface area contributed by atoms with Gasteiger partial charge in [-0.15, -0.1) is 0 Å². The van der Waals surface area contributed by atoms with Crippen molar-refractivity contribution in [3.63, 3.8) is 0 Å². The molecule has 0 bridgehead atoms.